The highest BCUT2D eigenvalue weighted by Gasteiger charge is 2.36. The fourth-order valence-corrected chi connectivity index (χ4v) is 4.72. The van der Waals surface area contributed by atoms with Crippen molar-refractivity contribution in [3.05, 3.63) is 53.1 Å². The molecular weight excluding hydrogens is 316 g/mol. The van der Waals surface area contributed by atoms with Gasteiger partial charge in [-0.25, -0.2) is 0 Å². The van der Waals surface area contributed by atoms with E-state index in [9.17, 15) is 0 Å². The lowest BCUT2D eigenvalue weighted by atomic mass is 9.90. The van der Waals surface area contributed by atoms with E-state index in [1.807, 2.05) is 36.0 Å². The van der Waals surface area contributed by atoms with E-state index in [1.54, 1.807) is 7.11 Å². The maximum atomic E-state index is 6.25. The summed E-state index contributed by atoms with van der Waals surface area (Å²) in [6, 6.07) is 8.06. The van der Waals surface area contributed by atoms with Crippen molar-refractivity contribution in [2.45, 2.75) is 36.6 Å². The molecule has 3 rings (SSSR count). The average Bonchev–Trinajstić information content (AvgIpc) is 2.53. The summed E-state index contributed by atoms with van der Waals surface area (Å²) in [5, 5.41) is 1.90. The molecule has 0 amide bonds. The zero-order valence-corrected chi connectivity index (χ0v) is 14.4. The van der Waals surface area contributed by atoms with Crippen molar-refractivity contribution >= 4 is 23.4 Å². The lowest BCUT2D eigenvalue weighted by Gasteiger charge is -2.39. The number of allylic oxidation sites excluding steroid dienone is 2. The molecule has 1 heterocycles. The van der Waals surface area contributed by atoms with E-state index >= 15 is 0 Å². The van der Waals surface area contributed by atoms with Crippen molar-refractivity contribution in [3.8, 4) is 5.75 Å². The predicted octanol–water partition coefficient (Wildman–Crippen LogP) is 4.78. The van der Waals surface area contributed by atoms with Gasteiger partial charge in [-0.3, -0.25) is 0 Å². The maximum absolute atomic E-state index is 6.25. The highest BCUT2D eigenvalue weighted by atomic mass is 35.5. The summed E-state index contributed by atoms with van der Waals surface area (Å²) in [7, 11) is 1.69. The van der Waals surface area contributed by atoms with E-state index in [0.29, 0.717) is 23.0 Å². The Morgan fingerprint density at radius 1 is 1.36 bits per heavy atom. The zero-order chi connectivity index (χ0) is 15.5. The summed E-state index contributed by atoms with van der Waals surface area (Å²) in [6.07, 6.45) is 7.65. The molecule has 4 atom stereocenters. The Kier molecular flexibility index (Phi) is 5.17. The summed E-state index contributed by atoms with van der Waals surface area (Å²) < 4.78 is 11.5. The molecule has 2 nitrogen and oxygen atoms in total. The Bertz CT molecular complexity index is 584. The second kappa shape index (κ2) is 7.12. The van der Waals surface area contributed by atoms with Gasteiger partial charge in [-0.15, -0.1) is 0 Å². The lowest BCUT2D eigenvalue weighted by Crippen LogP contribution is -2.38. The van der Waals surface area contributed by atoms with Gasteiger partial charge >= 0.3 is 0 Å². The lowest BCUT2D eigenvalue weighted by molar-refractivity contribution is 0.00709. The van der Waals surface area contributed by atoms with Crippen molar-refractivity contribution in [2.75, 3.05) is 7.11 Å². The third kappa shape index (κ3) is 3.70. The van der Waals surface area contributed by atoms with Crippen molar-refractivity contribution < 1.29 is 9.47 Å². The van der Waals surface area contributed by atoms with Crippen LogP contribution in [0.5, 0.6) is 5.75 Å². The minimum Gasteiger partial charge on any atom is -0.497 e. The van der Waals surface area contributed by atoms with Crippen molar-refractivity contribution in [2.24, 2.45) is 5.92 Å². The van der Waals surface area contributed by atoms with Gasteiger partial charge in [0.15, 0.2) is 0 Å². The first-order valence-corrected chi connectivity index (χ1v) is 8.93. The van der Waals surface area contributed by atoms with Gasteiger partial charge in [0.2, 0.25) is 0 Å². The summed E-state index contributed by atoms with van der Waals surface area (Å²) in [6.45, 7) is 2.88. The summed E-state index contributed by atoms with van der Waals surface area (Å²) >= 11 is 8.20. The molecule has 0 radical (unpaired) electrons. The van der Waals surface area contributed by atoms with Gasteiger partial charge in [-0.2, -0.15) is 11.8 Å². The number of hydrogen-bond donors (Lipinski definition) is 0. The number of rotatable bonds is 4. The SMILES string of the molecule is COc1cccc(CO[C@@H]2C[C@H](C)S[C@H]3C=CC(Cl)=C[C@H]32)c1. The van der Waals surface area contributed by atoms with E-state index in [1.165, 1.54) is 0 Å². The van der Waals surface area contributed by atoms with Crippen LogP contribution in [0.15, 0.2) is 47.5 Å². The van der Waals surface area contributed by atoms with Gasteiger partial charge in [-0.1, -0.05) is 42.8 Å². The van der Waals surface area contributed by atoms with Crippen LogP contribution >= 0.6 is 23.4 Å². The van der Waals surface area contributed by atoms with E-state index < -0.39 is 0 Å². The molecule has 0 bridgehead atoms. The van der Waals surface area contributed by atoms with Gasteiger partial charge in [0, 0.05) is 21.5 Å². The summed E-state index contributed by atoms with van der Waals surface area (Å²) in [5.41, 5.74) is 1.14. The Balaban J connectivity index is 1.68. The second-order valence-corrected chi connectivity index (χ2v) is 7.89. The number of methoxy groups -OCH3 is 1. The quantitative estimate of drug-likeness (QED) is 0.788. The average molecular weight is 337 g/mol. The second-order valence-electron chi connectivity index (χ2n) is 5.84. The largest absolute Gasteiger partial charge is 0.497 e. The van der Waals surface area contributed by atoms with Crippen molar-refractivity contribution in [1.82, 2.24) is 0 Å². The van der Waals surface area contributed by atoms with Crippen molar-refractivity contribution in [3.63, 3.8) is 0 Å². The van der Waals surface area contributed by atoms with E-state index in [-0.39, 0.29) is 6.10 Å². The Hall–Kier alpha value is -0.900. The first-order chi connectivity index (χ1) is 10.7. The van der Waals surface area contributed by atoms with Crippen LogP contribution in [0.2, 0.25) is 0 Å². The normalized spacial score (nSPS) is 30.6. The van der Waals surface area contributed by atoms with Crippen LogP contribution < -0.4 is 4.74 Å². The van der Waals surface area contributed by atoms with Crippen LogP contribution in [0.1, 0.15) is 18.9 Å². The topological polar surface area (TPSA) is 18.5 Å². The van der Waals surface area contributed by atoms with E-state index in [4.69, 9.17) is 21.1 Å². The van der Waals surface area contributed by atoms with Gasteiger partial charge in [-0.05, 0) is 30.2 Å². The molecule has 0 saturated carbocycles. The number of hydrogen-bond acceptors (Lipinski definition) is 3. The molecule has 118 valence electrons. The highest BCUT2D eigenvalue weighted by molar-refractivity contribution is 8.00. The molecule has 2 aliphatic rings. The van der Waals surface area contributed by atoms with Gasteiger partial charge in [0.1, 0.15) is 5.75 Å². The highest BCUT2D eigenvalue weighted by Crippen LogP contribution is 2.42. The summed E-state index contributed by atoms with van der Waals surface area (Å²) in [5.74, 6) is 1.24. The number of halogens is 1. The van der Waals surface area contributed by atoms with Gasteiger partial charge < -0.3 is 9.47 Å². The molecule has 1 saturated heterocycles. The maximum Gasteiger partial charge on any atom is 0.119 e. The molecule has 0 N–H and O–H groups in total. The molecule has 1 aliphatic heterocycles. The number of fused-ring (bicyclic) bond motifs is 1. The third-order valence-electron chi connectivity index (χ3n) is 4.16. The number of ether oxygens (including phenoxy) is 2. The molecule has 1 aromatic rings. The van der Waals surface area contributed by atoms with Crippen LogP contribution in [-0.2, 0) is 11.3 Å². The van der Waals surface area contributed by atoms with Crippen LogP contribution in [0.4, 0.5) is 0 Å². The fourth-order valence-electron chi connectivity index (χ4n) is 3.06. The minimum absolute atomic E-state index is 0.214. The van der Waals surface area contributed by atoms with Crippen LogP contribution in [0.25, 0.3) is 0 Å². The number of thioether (sulfide) groups is 1. The molecule has 1 aliphatic carbocycles. The molecule has 1 fully saturated rings. The molecule has 22 heavy (non-hydrogen) atoms. The molecule has 0 aromatic heterocycles. The summed E-state index contributed by atoms with van der Waals surface area (Å²) in [4.78, 5) is 0. The van der Waals surface area contributed by atoms with Crippen LogP contribution in [-0.4, -0.2) is 23.7 Å². The predicted molar refractivity (Wildman–Crippen MR) is 93.6 cm³/mol. The van der Waals surface area contributed by atoms with Crippen LogP contribution in [0.3, 0.4) is 0 Å². The number of benzene rings is 1. The Labute approximate surface area is 141 Å². The Morgan fingerprint density at radius 2 is 2.23 bits per heavy atom. The monoisotopic (exact) mass is 336 g/mol. The molecule has 1 aromatic carbocycles. The molecule has 0 spiro atoms. The smallest absolute Gasteiger partial charge is 0.119 e. The molecule has 4 heteroatoms. The van der Waals surface area contributed by atoms with Crippen molar-refractivity contribution in [1.29, 1.82) is 0 Å². The first-order valence-electron chi connectivity index (χ1n) is 7.61. The van der Waals surface area contributed by atoms with Gasteiger partial charge in [0.25, 0.3) is 0 Å². The van der Waals surface area contributed by atoms with Gasteiger partial charge in [0.05, 0.1) is 19.8 Å². The first kappa shape index (κ1) is 16.0. The molecular formula is C18H21ClO2S. The Morgan fingerprint density at radius 3 is 3.05 bits per heavy atom. The fraction of sp³-hybridized carbons (Fsp3) is 0.444. The zero-order valence-electron chi connectivity index (χ0n) is 12.9. The third-order valence-corrected chi connectivity index (χ3v) is 5.85. The standard InChI is InChI=1S/C18H21ClO2S/c1-12-8-17(16-10-14(19)6-7-18(16)22-12)21-11-13-4-3-5-15(9-13)20-2/h3-7,9-10,12,16-18H,8,11H2,1-2H3/t12-,16-,17+,18-/m0/s1. The van der Waals surface area contributed by atoms with E-state index in [2.05, 4.69) is 25.1 Å². The molecule has 0 unspecified atom stereocenters. The van der Waals surface area contributed by atoms with E-state index in [0.717, 1.165) is 22.8 Å². The minimum atomic E-state index is 0.214. The van der Waals surface area contributed by atoms with Crippen LogP contribution in [0, 0.1) is 5.92 Å².